The smallest absolute Gasteiger partial charge is 0.354 e. The van der Waals surface area contributed by atoms with E-state index in [1.807, 2.05) is 18.7 Å². The Balaban J connectivity index is 1.66. The highest BCUT2D eigenvalue weighted by Gasteiger charge is 2.36. The van der Waals surface area contributed by atoms with E-state index < -0.39 is 16.2 Å². The maximum absolute atomic E-state index is 12.9. The van der Waals surface area contributed by atoms with Gasteiger partial charge in [-0.2, -0.15) is 17.0 Å². The van der Waals surface area contributed by atoms with Crippen molar-refractivity contribution in [3.63, 3.8) is 0 Å². The molecule has 3 rings (SSSR count). The topological polar surface area (TPSA) is 103 Å². The molecule has 2 aliphatic rings. The summed E-state index contributed by atoms with van der Waals surface area (Å²) in [6.45, 7) is 6.05. The fraction of sp³-hybridized carbons (Fsp3) is 0.625. The van der Waals surface area contributed by atoms with E-state index in [1.165, 1.54) is 14.7 Å². The number of carboxylic acid groups (broad SMARTS) is 1. The van der Waals surface area contributed by atoms with Crippen molar-refractivity contribution in [1.82, 2.24) is 13.6 Å². The van der Waals surface area contributed by atoms with Crippen molar-refractivity contribution in [3.05, 3.63) is 23.9 Å². The molecular weight excluding hydrogens is 360 g/mol. The Morgan fingerprint density at radius 2 is 1.73 bits per heavy atom. The zero-order chi connectivity index (χ0) is 18.9. The highest BCUT2D eigenvalue weighted by molar-refractivity contribution is 7.86. The zero-order valence-electron chi connectivity index (χ0n) is 14.9. The molecule has 0 aliphatic carbocycles. The molecule has 0 aromatic carbocycles. The van der Waals surface area contributed by atoms with Gasteiger partial charge in [0, 0.05) is 39.3 Å². The van der Waals surface area contributed by atoms with E-state index in [0.717, 1.165) is 0 Å². The number of hydrogen-bond donors (Lipinski definition) is 1. The van der Waals surface area contributed by atoms with Gasteiger partial charge in [0.1, 0.15) is 5.82 Å². The maximum Gasteiger partial charge on any atom is 0.354 e. The summed E-state index contributed by atoms with van der Waals surface area (Å²) >= 11 is 0. The average molecular weight is 384 g/mol. The number of ether oxygens (including phenoxy) is 1. The van der Waals surface area contributed by atoms with E-state index in [2.05, 4.69) is 4.98 Å². The van der Waals surface area contributed by atoms with Gasteiger partial charge in [0.2, 0.25) is 0 Å². The molecule has 1 aromatic rings. The monoisotopic (exact) mass is 384 g/mol. The molecule has 10 heteroatoms. The summed E-state index contributed by atoms with van der Waals surface area (Å²) in [5.41, 5.74) is -0.0196. The Bertz CT molecular complexity index is 754. The molecule has 9 nitrogen and oxygen atoms in total. The van der Waals surface area contributed by atoms with E-state index in [1.54, 1.807) is 12.1 Å². The molecule has 2 aliphatic heterocycles. The predicted molar refractivity (Wildman–Crippen MR) is 95.5 cm³/mol. The third kappa shape index (κ3) is 3.98. The van der Waals surface area contributed by atoms with Gasteiger partial charge < -0.3 is 14.7 Å². The number of rotatable bonds is 4. The highest BCUT2D eigenvalue weighted by Crippen LogP contribution is 2.20. The number of aromatic carboxylic acids is 1. The van der Waals surface area contributed by atoms with Crippen LogP contribution in [0.2, 0.25) is 0 Å². The second kappa shape index (κ2) is 7.47. The van der Waals surface area contributed by atoms with Crippen LogP contribution in [0.3, 0.4) is 0 Å². The van der Waals surface area contributed by atoms with Gasteiger partial charge in [-0.05, 0) is 26.0 Å². The molecule has 0 amide bonds. The van der Waals surface area contributed by atoms with E-state index in [-0.39, 0.29) is 17.9 Å². The van der Waals surface area contributed by atoms with E-state index in [0.29, 0.717) is 45.1 Å². The van der Waals surface area contributed by atoms with Crippen LogP contribution in [-0.4, -0.2) is 84.6 Å². The fourth-order valence-electron chi connectivity index (χ4n) is 3.35. The van der Waals surface area contributed by atoms with Crippen LogP contribution in [0.1, 0.15) is 24.3 Å². The Morgan fingerprint density at radius 3 is 2.31 bits per heavy atom. The first-order chi connectivity index (χ1) is 12.3. The van der Waals surface area contributed by atoms with E-state index in [9.17, 15) is 13.2 Å². The molecule has 2 atom stereocenters. The summed E-state index contributed by atoms with van der Waals surface area (Å²) in [5, 5.41) is 9.06. The molecule has 3 heterocycles. The lowest BCUT2D eigenvalue weighted by molar-refractivity contribution is -0.0455. The minimum Gasteiger partial charge on any atom is -0.477 e. The average Bonchev–Trinajstić information content (AvgIpc) is 2.61. The number of hydrogen-bond acceptors (Lipinski definition) is 6. The summed E-state index contributed by atoms with van der Waals surface area (Å²) in [4.78, 5) is 17.1. The van der Waals surface area contributed by atoms with Crippen LogP contribution >= 0.6 is 0 Å². The van der Waals surface area contributed by atoms with Gasteiger partial charge in [0.05, 0.1) is 12.2 Å². The van der Waals surface area contributed by atoms with E-state index >= 15 is 0 Å². The molecule has 0 bridgehead atoms. The lowest BCUT2D eigenvalue weighted by Crippen LogP contribution is -2.57. The van der Waals surface area contributed by atoms with Gasteiger partial charge in [-0.15, -0.1) is 0 Å². The Hall–Kier alpha value is -1.75. The molecule has 2 fully saturated rings. The van der Waals surface area contributed by atoms with Gasteiger partial charge in [-0.3, -0.25) is 0 Å². The number of pyridine rings is 1. The maximum atomic E-state index is 12.9. The van der Waals surface area contributed by atoms with Gasteiger partial charge in [-0.25, -0.2) is 9.78 Å². The number of piperazine rings is 1. The number of morpholine rings is 1. The molecule has 144 valence electrons. The van der Waals surface area contributed by atoms with Crippen LogP contribution in [0.25, 0.3) is 0 Å². The van der Waals surface area contributed by atoms with Gasteiger partial charge in [0.15, 0.2) is 5.69 Å². The summed E-state index contributed by atoms with van der Waals surface area (Å²) in [6, 6.07) is 4.82. The Kier molecular flexibility index (Phi) is 5.47. The summed E-state index contributed by atoms with van der Waals surface area (Å²) in [7, 11) is -3.53. The molecule has 0 radical (unpaired) electrons. The first-order valence-electron chi connectivity index (χ1n) is 8.63. The van der Waals surface area contributed by atoms with Crippen LogP contribution in [0, 0.1) is 0 Å². The highest BCUT2D eigenvalue weighted by atomic mass is 32.2. The van der Waals surface area contributed by atoms with Crippen LogP contribution in [0.15, 0.2) is 18.2 Å². The SMILES string of the molecule is CC1CN(S(=O)(=O)N2CCN(c3cccc(C(=O)O)n3)CC2)CC(C)O1. The number of nitrogens with zero attached hydrogens (tertiary/aromatic N) is 4. The quantitative estimate of drug-likeness (QED) is 0.794. The van der Waals surface area contributed by atoms with Crippen LogP contribution in [0.4, 0.5) is 5.82 Å². The molecule has 2 unspecified atom stereocenters. The third-order valence-corrected chi connectivity index (χ3v) is 6.52. The van der Waals surface area contributed by atoms with Gasteiger partial charge in [-0.1, -0.05) is 6.07 Å². The second-order valence-electron chi connectivity index (χ2n) is 6.65. The summed E-state index contributed by atoms with van der Waals surface area (Å²) in [5.74, 6) is -0.529. The van der Waals surface area contributed by atoms with Crippen LogP contribution < -0.4 is 4.90 Å². The van der Waals surface area contributed by atoms with Crippen molar-refractivity contribution in [3.8, 4) is 0 Å². The van der Waals surface area contributed by atoms with Crippen molar-refractivity contribution >= 4 is 22.0 Å². The number of carbonyl (C=O) groups is 1. The van der Waals surface area contributed by atoms with E-state index in [4.69, 9.17) is 9.84 Å². The van der Waals surface area contributed by atoms with Crippen molar-refractivity contribution in [2.24, 2.45) is 0 Å². The first kappa shape index (κ1) is 19.0. The third-order valence-electron chi connectivity index (χ3n) is 4.55. The predicted octanol–water partition coefficient (Wildman–Crippen LogP) is 0.256. The number of carboxylic acids is 1. The van der Waals surface area contributed by atoms with Crippen LogP contribution in [-0.2, 0) is 14.9 Å². The Morgan fingerprint density at radius 1 is 1.12 bits per heavy atom. The first-order valence-corrected chi connectivity index (χ1v) is 10.0. The van der Waals surface area contributed by atoms with Crippen LogP contribution in [0.5, 0.6) is 0 Å². The molecule has 1 N–H and O–H groups in total. The molecule has 1 aromatic heterocycles. The van der Waals surface area contributed by atoms with Gasteiger partial charge in [0.25, 0.3) is 10.2 Å². The van der Waals surface area contributed by atoms with Crippen molar-refractivity contribution < 1.29 is 23.1 Å². The van der Waals surface area contributed by atoms with Crippen molar-refractivity contribution in [1.29, 1.82) is 0 Å². The lowest BCUT2D eigenvalue weighted by atomic mass is 10.3. The normalized spacial score (nSPS) is 26.0. The van der Waals surface area contributed by atoms with Crippen molar-refractivity contribution in [2.45, 2.75) is 26.1 Å². The molecule has 26 heavy (non-hydrogen) atoms. The van der Waals surface area contributed by atoms with Crippen molar-refractivity contribution in [2.75, 3.05) is 44.2 Å². The molecule has 2 saturated heterocycles. The molecule has 0 spiro atoms. The standard InChI is InChI=1S/C16H24N4O5S/c1-12-10-20(11-13(2)25-12)26(23,24)19-8-6-18(7-9-19)15-5-3-4-14(17-15)16(21)22/h3-5,12-13H,6-11H2,1-2H3,(H,21,22). The molecular formula is C16H24N4O5S. The number of aromatic nitrogens is 1. The molecule has 0 saturated carbocycles. The summed E-state index contributed by atoms with van der Waals surface area (Å²) in [6.07, 6.45) is -0.254. The van der Waals surface area contributed by atoms with Gasteiger partial charge >= 0.3 is 5.97 Å². The minimum absolute atomic E-state index is 0.0196. The Labute approximate surface area is 153 Å². The summed E-state index contributed by atoms with van der Waals surface area (Å²) < 4.78 is 34.4. The number of anilines is 1. The fourth-order valence-corrected chi connectivity index (χ4v) is 5.10. The lowest BCUT2D eigenvalue weighted by Gasteiger charge is -2.40. The zero-order valence-corrected chi connectivity index (χ0v) is 15.7. The largest absolute Gasteiger partial charge is 0.477 e. The second-order valence-corrected chi connectivity index (χ2v) is 8.58. The minimum atomic E-state index is -3.53.